The first-order valence-electron chi connectivity index (χ1n) is 12.1. The molecule has 212 valence electrons. The molecule has 0 saturated heterocycles. The highest BCUT2D eigenvalue weighted by Crippen LogP contribution is 2.19. The van der Waals surface area contributed by atoms with Crippen molar-refractivity contribution in [3.8, 4) is 0 Å². The monoisotopic (exact) mass is 580 g/mol. The maximum absolute atomic E-state index is 12.5. The normalized spacial score (nSPS) is 13.8. The molecule has 0 unspecified atom stereocenters. The van der Waals surface area contributed by atoms with Gasteiger partial charge >= 0.3 is 0 Å². The quantitative estimate of drug-likeness (QED) is 0.313. The second-order valence-electron chi connectivity index (χ2n) is 8.64. The lowest BCUT2D eigenvalue weighted by Gasteiger charge is -2.21. The van der Waals surface area contributed by atoms with Gasteiger partial charge in [0.05, 0.1) is 9.79 Å². The third kappa shape index (κ3) is 10.5. The summed E-state index contributed by atoms with van der Waals surface area (Å²) in [6.45, 7) is 13.2. The van der Waals surface area contributed by atoms with Gasteiger partial charge in [0.25, 0.3) is 0 Å². The molecule has 6 nitrogen and oxygen atoms in total. The van der Waals surface area contributed by atoms with E-state index in [1.54, 1.807) is 40.7 Å². The summed E-state index contributed by atoms with van der Waals surface area (Å²) in [4.78, 5) is 0.733. The lowest BCUT2D eigenvalue weighted by molar-refractivity contribution is 0.422. The zero-order valence-corrected chi connectivity index (χ0v) is 24.5. The maximum atomic E-state index is 12.5. The van der Waals surface area contributed by atoms with E-state index in [2.05, 4.69) is 13.2 Å². The molecular formula is C29H44N2O4S3. The maximum Gasteiger partial charge on any atom is 0.243 e. The fourth-order valence-corrected chi connectivity index (χ4v) is 6.51. The predicted molar refractivity (Wildman–Crippen MR) is 165 cm³/mol. The van der Waals surface area contributed by atoms with Crippen LogP contribution in [0.3, 0.4) is 0 Å². The summed E-state index contributed by atoms with van der Waals surface area (Å²) in [5.41, 5.74) is 2.11. The highest BCUT2D eigenvalue weighted by Gasteiger charge is 2.24. The van der Waals surface area contributed by atoms with Gasteiger partial charge in [-0.15, -0.1) is 13.2 Å². The van der Waals surface area contributed by atoms with Crippen molar-refractivity contribution in [3.63, 3.8) is 0 Å². The summed E-state index contributed by atoms with van der Waals surface area (Å²) in [5.74, 6) is 0. The van der Waals surface area contributed by atoms with Crippen molar-refractivity contribution in [3.05, 3.63) is 97.1 Å². The Morgan fingerprint density at radius 3 is 1.55 bits per heavy atom. The van der Waals surface area contributed by atoms with Gasteiger partial charge in [0.2, 0.25) is 20.0 Å². The van der Waals surface area contributed by atoms with E-state index < -0.39 is 20.0 Å². The molecule has 1 heterocycles. The SMILES string of the molecule is C.C=CCCN(CCC=C)S(=O)(=O)c1ccc(C)cc1.Cc1ccc(S(=O)(=O)N2CCC=CCC2)cc1.S. The Morgan fingerprint density at radius 1 is 0.763 bits per heavy atom. The van der Waals surface area contributed by atoms with Crippen molar-refractivity contribution >= 4 is 33.5 Å². The molecule has 0 fully saturated rings. The minimum atomic E-state index is -3.42. The molecular weight excluding hydrogens is 537 g/mol. The van der Waals surface area contributed by atoms with E-state index in [1.807, 2.05) is 50.3 Å². The van der Waals surface area contributed by atoms with Crippen LogP contribution in [0.15, 0.2) is 95.8 Å². The first kappa shape index (κ1) is 35.8. The molecule has 0 aromatic heterocycles. The van der Waals surface area contributed by atoms with Gasteiger partial charge in [-0.25, -0.2) is 16.8 Å². The Morgan fingerprint density at radius 2 is 1.16 bits per heavy atom. The van der Waals surface area contributed by atoms with Crippen molar-refractivity contribution in [1.82, 2.24) is 8.61 Å². The predicted octanol–water partition coefficient (Wildman–Crippen LogP) is 6.22. The van der Waals surface area contributed by atoms with E-state index >= 15 is 0 Å². The van der Waals surface area contributed by atoms with Crippen LogP contribution in [0, 0.1) is 13.8 Å². The molecule has 0 saturated carbocycles. The molecule has 0 bridgehead atoms. The summed E-state index contributed by atoms with van der Waals surface area (Å²) < 4.78 is 52.8. The lowest BCUT2D eigenvalue weighted by atomic mass is 10.2. The Kier molecular flexibility index (Phi) is 16.4. The summed E-state index contributed by atoms with van der Waals surface area (Å²) in [6.07, 6.45) is 10.4. The number of aryl methyl sites for hydroxylation is 2. The smallest absolute Gasteiger partial charge is 0.207 e. The standard InChI is InChI=1S/C15H21NO2S.C13H17NO2S.CH4.H2S/c1-4-6-12-16(13-7-5-2)19(17,18)15-10-8-14(3)9-11-15;1-12-6-8-13(9-7-12)17(15,16)14-10-4-2-3-5-11-14;;/h4-5,8-11H,1-2,6-7,12-13H2,3H3;2-3,6-9H,4-5,10-11H2,1H3;1H4;1H2. The molecule has 0 spiro atoms. The van der Waals surface area contributed by atoms with Crippen LogP contribution in [0.5, 0.6) is 0 Å². The molecule has 0 radical (unpaired) electrons. The minimum absolute atomic E-state index is 0. The van der Waals surface area contributed by atoms with Gasteiger partial charge in [-0.05, 0) is 63.8 Å². The average Bonchev–Trinajstić information content (AvgIpc) is 3.15. The topological polar surface area (TPSA) is 74.8 Å². The number of sulfonamides is 2. The Bertz CT molecular complexity index is 1200. The molecule has 3 rings (SSSR count). The van der Waals surface area contributed by atoms with Crippen molar-refractivity contribution in [1.29, 1.82) is 0 Å². The summed E-state index contributed by atoms with van der Waals surface area (Å²) in [5, 5.41) is 0. The molecule has 2 aromatic carbocycles. The van der Waals surface area contributed by atoms with Gasteiger partial charge in [0.1, 0.15) is 0 Å². The highest BCUT2D eigenvalue weighted by molar-refractivity contribution is 7.89. The number of hydrogen-bond acceptors (Lipinski definition) is 4. The molecule has 0 atom stereocenters. The molecule has 38 heavy (non-hydrogen) atoms. The average molecular weight is 581 g/mol. The van der Waals surface area contributed by atoms with Crippen molar-refractivity contribution < 1.29 is 16.8 Å². The molecule has 1 aliphatic rings. The van der Waals surface area contributed by atoms with E-state index in [9.17, 15) is 16.8 Å². The van der Waals surface area contributed by atoms with Crippen LogP contribution in [0.25, 0.3) is 0 Å². The first-order chi connectivity index (χ1) is 17.1. The Hall–Kier alpha value is -2.17. The second kappa shape index (κ2) is 17.4. The van der Waals surface area contributed by atoms with Gasteiger partial charge in [0, 0.05) is 26.2 Å². The molecule has 2 aromatic rings. The third-order valence-electron chi connectivity index (χ3n) is 5.74. The highest BCUT2D eigenvalue weighted by atomic mass is 32.2. The van der Waals surface area contributed by atoms with Gasteiger partial charge in [-0.1, -0.05) is 67.1 Å². The van der Waals surface area contributed by atoms with Crippen LogP contribution >= 0.6 is 13.5 Å². The van der Waals surface area contributed by atoms with E-state index in [0.717, 1.165) is 24.0 Å². The van der Waals surface area contributed by atoms with E-state index in [1.165, 1.54) is 4.31 Å². The summed E-state index contributed by atoms with van der Waals surface area (Å²) >= 11 is 0. The molecule has 0 aliphatic carbocycles. The lowest BCUT2D eigenvalue weighted by Crippen LogP contribution is -2.32. The van der Waals surface area contributed by atoms with Gasteiger partial charge in [0.15, 0.2) is 0 Å². The van der Waals surface area contributed by atoms with E-state index in [0.29, 0.717) is 48.8 Å². The molecule has 1 aliphatic heterocycles. The fraction of sp³-hybridized carbons (Fsp3) is 0.379. The van der Waals surface area contributed by atoms with Crippen LogP contribution in [0.1, 0.15) is 44.2 Å². The molecule has 0 amide bonds. The van der Waals surface area contributed by atoms with Crippen LogP contribution in [-0.4, -0.2) is 51.6 Å². The third-order valence-corrected chi connectivity index (χ3v) is 9.57. The van der Waals surface area contributed by atoms with Crippen molar-refractivity contribution in [2.45, 2.75) is 56.7 Å². The van der Waals surface area contributed by atoms with Crippen molar-refractivity contribution in [2.75, 3.05) is 26.2 Å². The second-order valence-corrected chi connectivity index (χ2v) is 12.5. The van der Waals surface area contributed by atoms with E-state index in [-0.39, 0.29) is 20.9 Å². The molecule has 0 N–H and O–H groups in total. The Labute approximate surface area is 238 Å². The van der Waals surface area contributed by atoms with Crippen LogP contribution in [0.4, 0.5) is 0 Å². The van der Waals surface area contributed by atoms with E-state index in [4.69, 9.17) is 0 Å². The zero-order chi connectivity index (χ0) is 26.6. The fourth-order valence-electron chi connectivity index (χ4n) is 3.57. The van der Waals surface area contributed by atoms with Gasteiger partial charge in [-0.2, -0.15) is 22.1 Å². The number of hydrogen-bond donors (Lipinski definition) is 0. The van der Waals surface area contributed by atoms with Gasteiger partial charge < -0.3 is 0 Å². The first-order valence-corrected chi connectivity index (χ1v) is 15.0. The minimum Gasteiger partial charge on any atom is -0.207 e. The summed E-state index contributed by atoms with van der Waals surface area (Å²) in [7, 11) is -6.73. The largest absolute Gasteiger partial charge is 0.243 e. The van der Waals surface area contributed by atoms with Crippen molar-refractivity contribution in [2.24, 2.45) is 0 Å². The molecule has 9 heteroatoms. The number of benzene rings is 2. The van der Waals surface area contributed by atoms with Gasteiger partial charge in [-0.3, -0.25) is 0 Å². The van der Waals surface area contributed by atoms with Crippen LogP contribution < -0.4 is 0 Å². The van der Waals surface area contributed by atoms with Crippen LogP contribution in [0.2, 0.25) is 0 Å². The summed E-state index contributed by atoms with van der Waals surface area (Å²) in [6, 6.07) is 14.0. The number of nitrogens with zero attached hydrogens (tertiary/aromatic N) is 2. The zero-order valence-electron chi connectivity index (χ0n) is 21.8. The van der Waals surface area contributed by atoms with Crippen LogP contribution in [-0.2, 0) is 20.0 Å². The Balaban J connectivity index is 0.000000687. The number of rotatable bonds is 10.